The SMILES string of the molecule is CC=C(C)C=C(C)c1oc(OC)c(C)c(=O)c1C. The summed E-state index contributed by atoms with van der Waals surface area (Å²) >= 11 is 0. The summed E-state index contributed by atoms with van der Waals surface area (Å²) in [5.74, 6) is 0.870. The van der Waals surface area contributed by atoms with Crippen LogP contribution in [0.5, 0.6) is 5.95 Å². The van der Waals surface area contributed by atoms with Crippen molar-refractivity contribution in [2.24, 2.45) is 0 Å². The second kappa shape index (κ2) is 5.71. The largest absolute Gasteiger partial charge is 0.468 e. The van der Waals surface area contributed by atoms with E-state index in [4.69, 9.17) is 9.15 Å². The molecule has 1 rings (SSSR count). The lowest BCUT2D eigenvalue weighted by molar-refractivity contribution is 0.288. The topological polar surface area (TPSA) is 39.4 Å². The van der Waals surface area contributed by atoms with Crippen LogP contribution in [0.15, 0.2) is 26.9 Å². The molecule has 3 nitrogen and oxygen atoms in total. The number of ether oxygens (including phenoxy) is 1. The average Bonchev–Trinajstić information content (AvgIpc) is 2.36. The summed E-state index contributed by atoms with van der Waals surface area (Å²) in [5, 5.41) is 0. The molecule has 1 aromatic rings. The quantitative estimate of drug-likeness (QED) is 0.767. The van der Waals surface area contributed by atoms with Crippen LogP contribution in [0.1, 0.15) is 37.7 Å². The van der Waals surface area contributed by atoms with Crippen LogP contribution in [0.2, 0.25) is 0 Å². The summed E-state index contributed by atoms with van der Waals surface area (Å²) in [6.07, 6.45) is 3.99. The summed E-state index contributed by atoms with van der Waals surface area (Å²) in [6.45, 7) is 9.38. The zero-order valence-corrected chi connectivity index (χ0v) is 11.9. The normalized spacial score (nSPS) is 12.8. The molecule has 0 aliphatic rings. The molecule has 0 saturated heterocycles. The van der Waals surface area contributed by atoms with Crippen LogP contribution in [0.25, 0.3) is 5.57 Å². The molecule has 0 aliphatic carbocycles. The fraction of sp³-hybridized carbons (Fsp3) is 0.400. The average molecular weight is 248 g/mol. The lowest BCUT2D eigenvalue weighted by Crippen LogP contribution is -2.12. The second-order valence-electron chi connectivity index (χ2n) is 4.36. The van der Waals surface area contributed by atoms with E-state index in [0.717, 1.165) is 11.1 Å². The van der Waals surface area contributed by atoms with Gasteiger partial charge in [0.1, 0.15) is 5.76 Å². The van der Waals surface area contributed by atoms with E-state index < -0.39 is 0 Å². The third-order valence-electron chi connectivity index (χ3n) is 2.97. The minimum atomic E-state index is -0.0287. The van der Waals surface area contributed by atoms with Gasteiger partial charge in [-0.25, -0.2) is 0 Å². The smallest absolute Gasteiger partial charge is 0.291 e. The van der Waals surface area contributed by atoms with Crippen molar-refractivity contribution in [3.05, 3.63) is 44.8 Å². The molecular formula is C15H20O3. The molecule has 3 heteroatoms. The van der Waals surface area contributed by atoms with Gasteiger partial charge in [-0.15, -0.1) is 0 Å². The first kappa shape index (κ1) is 14.3. The molecule has 98 valence electrons. The van der Waals surface area contributed by atoms with Gasteiger partial charge in [0.15, 0.2) is 5.43 Å². The van der Waals surface area contributed by atoms with Gasteiger partial charge >= 0.3 is 0 Å². The molecule has 0 aliphatic heterocycles. The number of allylic oxidation sites excluding steroid dienone is 4. The molecule has 18 heavy (non-hydrogen) atoms. The Morgan fingerprint density at radius 2 is 1.83 bits per heavy atom. The van der Waals surface area contributed by atoms with E-state index in [2.05, 4.69) is 0 Å². The zero-order valence-electron chi connectivity index (χ0n) is 11.9. The van der Waals surface area contributed by atoms with E-state index in [1.165, 1.54) is 7.11 Å². The van der Waals surface area contributed by atoms with E-state index in [9.17, 15) is 4.79 Å². The lowest BCUT2D eigenvalue weighted by Gasteiger charge is -2.09. The maximum atomic E-state index is 12.0. The van der Waals surface area contributed by atoms with E-state index in [1.54, 1.807) is 13.8 Å². The number of methoxy groups -OCH3 is 1. The van der Waals surface area contributed by atoms with Crippen molar-refractivity contribution in [1.82, 2.24) is 0 Å². The summed E-state index contributed by atoms with van der Waals surface area (Å²) < 4.78 is 10.8. The van der Waals surface area contributed by atoms with Crippen molar-refractivity contribution in [2.45, 2.75) is 34.6 Å². The van der Waals surface area contributed by atoms with Crippen LogP contribution in [0.4, 0.5) is 0 Å². The van der Waals surface area contributed by atoms with Crippen LogP contribution in [-0.4, -0.2) is 7.11 Å². The molecule has 0 radical (unpaired) electrons. The number of rotatable bonds is 3. The van der Waals surface area contributed by atoms with E-state index in [0.29, 0.717) is 16.9 Å². The zero-order chi connectivity index (χ0) is 13.9. The Morgan fingerprint density at radius 1 is 1.22 bits per heavy atom. The van der Waals surface area contributed by atoms with Crippen molar-refractivity contribution in [3.8, 4) is 5.95 Å². The van der Waals surface area contributed by atoms with Crippen LogP contribution < -0.4 is 10.2 Å². The van der Waals surface area contributed by atoms with Gasteiger partial charge in [0.2, 0.25) is 0 Å². The van der Waals surface area contributed by atoms with E-state index in [-0.39, 0.29) is 11.4 Å². The van der Waals surface area contributed by atoms with Crippen molar-refractivity contribution in [1.29, 1.82) is 0 Å². The standard InChI is InChI=1S/C15H20O3/c1-7-9(2)8-10(3)14-11(4)13(16)12(5)15(17-6)18-14/h7-8H,1-6H3. The molecule has 0 unspecified atom stereocenters. The van der Waals surface area contributed by atoms with Crippen molar-refractivity contribution in [3.63, 3.8) is 0 Å². The maximum Gasteiger partial charge on any atom is 0.291 e. The lowest BCUT2D eigenvalue weighted by atomic mass is 10.1. The van der Waals surface area contributed by atoms with Crippen LogP contribution in [0, 0.1) is 13.8 Å². The molecule has 0 spiro atoms. The fourth-order valence-corrected chi connectivity index (χ4v) is 1.78. The Balaban J connectivity index is 3.47. The van der Waals surface area contributed by atoms with E-state index in [1.807, 2.05) is 32.9 Å². The summed E-state index contributed by atoms with van der Waals surface area (Å²) in [7, 11) is 1.50. The highest BCUT2D eigenvalue weighted by Crippen LogP contribution is 2.24. The Kier molecular flexibility index (Phi) is 4.54. The van der Waals surface area contributed by atoms with Gasteiger partial charge in [-0.1, -0.05) is 17.7 Å². The van der Waals surface area contributed by atoms with Gasteiger partial charge in [-0.3, -0.25) is 4.79 Å². The van der Waals surface area contributed by atoms with Gasteiger partial charge < -0.3 is 9.15 Å². The predicted molar refractivity (Wildman–Crippen MR) is 74.1 cm³/mol. The van der Waals surface area contributed by atoms with Crippen LogP contribution >= 0.6 is 0 Å². The molecule has 0 aromatic carbocycles. The van der Waals surface area contributed by atoms with Gasteiger partial charge in [0.25, 0.3) is 5.95 Å². The van der Waals surface area contributed by atoms with Gasteiger partial charge in [0.05, 0.1) is 12.7 Å². The highest BCUT2D eigenvalue weighted by atomic mass is 16.6. The first-order valence-electron chi connectivity index (χ1n) is 5.92. The molecule has 0 N–H and O–H groups in total. The number of hydrogen-bond donors (Lipinski definition) is 0. The first-order chi connectivity index (χ1) is 8.42. The minimum absolute atomic E-state index is 0.0287. The Morgan fingerprint density at radius 3 is 2.33 bits per heavy atom. The minimum Gasteiger partial charge on any atom is -0.468 e. The monoisotopic (exact) mass is 248 g/mol. The fourth-order valence-electron chi connectivity index (χ4n) is 1.78. The number of hydrogen-bond acceptors (Lipinski definition) is 3. The third-order valence-corrected chi connectivity index (χ3v) is 2.97. The molecule has 1 heterocycles. The van der Waals surface area contributed by atoms with Crippen molar-refractivity contribution >= 4 is 5.57 Å². The third kappa shape index (κ3) is 2.73. The van der Waals surface area contributed by atoms with E-state index >= 15 is 0 Å². The highest BCUT2D eigenvalue weighted by molar-refractivity contribution is 5.65. The Hall–Kier alpha value is -1.77. The molecule has 0 amide bonds. The van der Waals surface area contributed by atoms with Gasteiger partial charge in [-0.05, 0) is 40.2 Å². The van der Waals surface area contributed by atoms with Crippen LogP contribution in [0.3, 0.4) is 0 Å². The summed E-state index contributed by atoms with van der Waals surface area (Å²) in [6, 6.07) is 0. The molecule has 0 fully saturated rings. The maximum absolute atomic E-state index is 12.0. The Labute approximate surface area is 108 Å². The first-order valence-corrected chi connectivity index (χ1v) is 5.92. The molecule has 0 atom stereocenters. The molecular weight excluding hydrogens is 228 g/mol. The van der Waals surface area contributed by atoms with Crippen molar-refractivity contribution in [2.75, 3.05) is 7.11 Å². The summed E-state index contributed by atoms with van der Waals surface area (Å²) in [4.78, 5) is 12.0. The summed E-state index contributed by atoms with van der Waals surface area (Å²) in [5.41, 5.74) is 3.13. The predicted octanol–water partition coefficient (Wildman–Crippen LogP) is 3.63. The highest BCUT2D eigenvalue weighted by Gasteiger charge is 2.14. The van der Waals surface area contributed by atoms with Gasteiger partial charge in [-0.2, -0.15) is 0 Å². The van der Waals surface area contributed by atoms with Gasteiger partial charge in [0, 0.05) is 5.56 Å². The molecule has 0 bridgehead atoms. The van der Waals surface area contributed by atoms with Crippen molar-refractivity contribution < 1.29 is 9.15 Å². The Bertz CT molecular complexity index is 560. The second-order valence-corrected chi connectivity index (χ2v) is 4.36. The van der Waals surface area contributed by atoms with Crippen LogP contribution in [-0.2, 0) is 0 Å². The molecule has 1 aromatic heterocycles. The molecule has 0 saturated carbocycles.